The summed E-state index contributed by atoms with van der Waals surface area (Å²) in [5, 5.41) is 0. The number of benzene rings is 1. The van der Waals surface area contributed by atoms with Gasteiger partial charge >= 0.3 is 0 Å². The lowest BCUT2D eigenvalue weighted by molar-refractivity contribution is -0.117. The fraction of sp³-hybridized carbons (Fsp3) is 0.364. The molecule has 0 N–H and O–H groups in total. The molecule has 0 aromatic heterocycles. The molecule has 1 aromatic carbocycles. The molecule has 2 rings (SSSR count). The minimum atomic E-state index is -3.73. The number of halogens is 4. The number of carbonyl (C=O) groups excluding carboxylic acids is 1. The van der Waals surface area contributed by atoms with Crippen molar-refractivity contribution in [2.45, 2.75) is 6.42 Å². The molecule has 1 saturated heterocycles. The van der Waals surface area contributed by atoms with Crippen molar-refractivity contribution in [1.29, 1.82) is 0 Å². The molecule has 4 nitrogen and oxygen atoms in total. The number of nitrogens with zero attached hydrogens (tertiary/aromatic N) is 1. The highest BCUT2D eigenvalue weighted by Crippen LogP contribution is 2.34. The van der Waals surface area contributed by atoms with Crippen molar-refractivity contribution in [3.8, 4) is 0 Å². The van der Waals surface area contributed by atoms with Gasteiger partial charge in [0.15, 0.2) is 0 Å². The van der Waals surface area contributed by atoms with E-state index in [4.69, 9.17) is 10.7 Å². The Bertz CT molecular complexity index is 668. The van der Waals surface area contributed by atoms with Crippen LogP contribution in [0.15, 0.2) is 16.6 Å². The Kier molecular flexibility index (Phi) is 4.36. The van der Waals surface area contributed by atoms with E-state index in [1.807, 2.05) is 0 Å². The van der Waals surface area contributed by atoms with Gasteiger partial charge in [0.05, 0.1) is 15.9 Å². The van der Waals surface area contributed by atoms with E-state index in [9.17, 15) is 22.0 Å². The van der Waals surface area contributed by atoms with E-state index in [1.165, 1.54) is 0 Å². The van der Waals surface area contributed by atoms with Crippen LogP contribution in [0.3, 0.4) is 0 Å². The lowest BCUT2D eigenvalue weighted by Crippen LogP contribution is -2.26. The number of anilines is 1. The Morgan fingerprint density at radius 1 is 1.40 bits per heavy atom. The largest absolute Gasteiger partial charge is 0.311 e. The predicted molar refractivity (Wildman–Crippen MR) is 74.2 cm³/mol. The van der Waals surface area contributed by atoms with Crippen molar-refractivity contribution < 1.29 is 22.0 Å². The lowest BCUT2D eigenvalue weighted by Gasteiger charge is -2.18. The van der Waals surface area contributed by atoms with Gasteiger partial charge in [0.25, 0.3) is 0 Å². The Labute approximate surface area is 127 Å². The van der Waals surface area contributed by atoms with Crippen LogP contribution in [0.25, 0.3) is 0 Å². The van der Waals surface area contributed by atoms with Gasteiger partial charge in [0, 0.05) is 35.6 Å². The average Bonchev–Trinajstić information content (AvgIpc) is 2.62. The Hall–Kier alpha value is -0.730. The van der Waals surface area contributed by atoms with E-state index < -0.39 is 32.5 Å². The van der Waals surface area contributed by atoms with E-state index in [-0.39, 0.29) is 28.9 Å². The van der Waals surface area contributed by atoms with Crippen LogP contribution in [0.5, 0.6) is 0 Å². The van der Waals surface area contributed by atoms with Gasteiger partial charge in [0.2, 0.25) is 15.0 Å². The number of amides is 1. The van der Waals surface area contributed by atoms with Crippen LogP contribution in [-0.2, 0) is 13.8 Å². The summed E-state index contributed by atoms with van der Waals surface area (Å²) in [5.41, 5.74) is 0.0435. The molecule has 0 saturated carbocycles. The molecule has 0 spiro atoms. The van der Waals surface area contributed by atoms with E-state index in [1.54, 1.807) is 0 Å². The summed E-state index contributed by atoms with van der Waals surface area (Å²) in [7, 11) is 1.42. The zero-order valence-electron chi connectivity index (χ0n) is 9.95. The fourth-order valence-electron chi connectivity index (χ4n) is 2.15. The smallest absolute Gasteiger partial charge is 0.232 e. The van der Waals surface area contributed by atoms with Crippen molar-refractivity contribution in [3.05, 3.63) is 28.2 Å². The molecule has 20 heavy (non-hydrogen) atoms. The molecule has 1 unspecified atom stereocenters. The molecule has 1 aliphatic heterocycles. The first-order valence-corrected chi connectivity index (χ1v) is 8.82. The molecule has 0 bridgehead atoms. The normalized spacial score (nSPS) is 19.7. The Morgan fingerprint density at radius 2 is 2.05 bits per heavy atom. The molecular formula is C11H9BrClF2NO3S. The molecule has 1 aromatic rings. The first-order valence-electron chi connectivity index (χ1n) is 5.54. The molecule has 1 aliphatic rings. The zero-order valence-corrected chi connectivity index (χ0v) is 13.1. The number of hydrogen-bond acceptors (Lipinski definition) is 3. The van der Waals surface area contributed by atoms with Gasteiger partial charge in [-0.2, -0.15) is 0 Å². The first kappa shape index (κ1) is 15.7. The van der Waals surface area contributed by atoms with Gasteiger partial charge in [-0.05, 0) is 22.0 Å². The second-order valence-corrected chi connectivity index (χ2v) is 8.12. The van der Waals surface area contributed by atoms with E-state index in [0.717, 1.165) is 11.0 Å². The summed E-state index contributed by atoms with van der Waals surface area (Å²) in [6, 6.07) is 1.71. The summed E-state index contributed by atoms with van der Waals surface area (Å²) in [5.74, 6) is -2.90. The highest BCUT2D eigenvalue weighted by molar-refractivity contribution is 9.10. The second kappa shape index (κ2) is 5.57. The first-order chi connectivity index (χ1) is 9.17. The Morgan fingerprint density at radius 3 is 2.65 bits per heavy atom. The monoisotopic (exact) mass is 387 g/mol. The number of rotatable bonds is 3. The van der Waals surface area contributed by atoms with E-state index in [2.05, 4.69) is 15.9 Å². The summed E-state index contributed by atoms with van der Waals surface area (Å²) in [4.78, 5) is 13.0. The summed E-state index contributed by atoms with van der Waals surface area (Å²) < 4.78 is 48.7. The van der Waals surface area contributed by atoms with E-state index >= 15 is 0 Å². The van der Waals surface area contributed by atoms with Crippen LogP contribution >= 0.6 is 26.6 Å². The van der Waals surface area contributed by atoms with Crippen molar-refractivity contribution >= 4 is 47.3 Å². The van der Waals surface area contributed by atoms with Crippen molar-refractivity contribution in [1.82, 2.24) is 0 Å². The van der Waals surface area contributed by atoms with Gasteiger partial charge in [-0.15, -0.1) is 0 Å². The van der Waals surface area contributed by atoms with Gasteiger partial charge in [-0.3, -0.25) is 4.79 Å². The average molecular weight is 389 g/mol. The predicted octanol–water partition coefficient (Wildman–Crippen LogP) is 2.65. The second-order valence-electron chi connectivity index (χ2n) is 4.50. The Balaban J connectivity index is 2.29. The summed E-state index contributed by atoms with van der Waals surface area (Å²) in [6.45, 7) is 0.0479. The standard InChI is InChI=1S/C11H9BrClF2NO3S/c12-11-8(15)2-7(14)3-9(11)16-4-6(1-10(16)17)5-20(13,18)19/h2-3,6H,1,4-5H2. The third-order valence-corrected chi connectivity index (χ3v) is 4.94. The van der Waals surface area contributed by atoms with Crippen LogP contribution in [0.1, 0.15) is 6.42 Å². The third kappa shape index (κ3) is 3.48. The van der Waals surface area contributed by atoms with Gasteiger partial charge in [0.1, 0.15) is 11.6 Å². The van der Waals surface area contributed by atoms with Crippen molar-refractivity contribution in [3.63, 3.8) is 0 Å². The van der Waals surface area contributed by atoms with Crippen LogP contribution < -0.4 is 4.90 Å². The molecule has 1 atom stereocenters. The number of carbonyl (C=O) groups is 1. The van der Waals surface area contributed by atoms with Crippen LogP contribution in [-0.4, -0.2) is 26.6 Å². The van der Waals surface area contributed by atoms with Crippen molar-refractivity contribution in [2.75, 3.05) is 17.2 Å². The number of hydrogen-bond donors (Lipinski definition) is 0. The minimum Gasteiger partial charge on any atom is -0.311 e. The minimum absolute atomic E-state index is 0.0312. The SMILES string of the molecule is O=C1CC(CS(=O)(=O)Cl)CN1c1cc(F)cc(F)c1Br. The highest BCUT2D eigenvalue weighted by Gasteiger charge is 2.34. The van der Waals surface area contributed by atoms with Crippen LogP contribution in [0, 0.1) is 17.6 Å². The fourth-order valence-corrected chi connectivity index (χ4v) is 3.91. The molecule has 0 aliphatic carbocycles. The van der Waals surface area contributed by atoms with Gasteiger partial charge in [-0.1, -0.05) is 0 Å². The molecule has 1 amide bonds. The molecule has 1 heterocycles. The van der Waals surface area contributed by atoms with Crippen molar-refractivity contribution in [2.24, 2.45) is 5.92 Å². The van der Waals surface area contributed by atoms with Gasteiger partial charge in [-0.25, -0.2) is 17.2 Å². The quantitative estimate of drug-likeness (QED) is 0.591. The molecule has 9 heteroatoms. The molecule has 0 radical (unpaired) electrons. The zero-order chi connectivity index (χ0) is 15.1. The maximum Gasteiger partial charge on any atom is 0.232 e. The molecule has 1 fully saturated rings. The van der Waals surface area contributed by atoms with Crippen LogP contribution in [0.4, 0.5) is 14.5 Å². The lowest BCUT2D eigenvalue weighted by atomic mass is 10.1. The molecular weight excluding hydrogens is 380 g/mol. The summed E-state index contributed by atoms with van der Waals surface area (Å²) >= 11 is 2.95. The van der Waals surface area contributed by atoms with Crippen LogP contribution in [0.2, 0.25) is 0 Å². The highest BCUT2D eigenvalue weighted by atomic mass is 79.9. The third-order valence-electron chi connectivity index (χ3n) is 2.90. The van der Waals surface area contributed by atoms with E-state index in [0.29, 0.717) is 6.07 Å². The molecule has 110 valence electrons. The van der Waals surface area contributed by atoms with Gasteiger partial charge < -0.3 is 4.90 Å². The topological polar surface area (TPSA) is 54.5 Å². The maximum absolute atomic E-state index is 13.4. The maximum atomic E-state index is 13.4. The summed E-state index contributed by atoms with van der Waals surface area (Å²) in [6.07, 6.45) is -0.0312.